The highest BCUT2D eigenvalue weighted by molar-refractivity contribution is 9.10. The molecule has 110 valence electrons. The van der Waals surface area contributed by atoms with Gasteiger partial charge in [-0.3, -0.25) is 19.7 Å². The Morgan fingerprint density at radius 2 is 1.95 bits per heavy atom. The molecule has 0 spiro atoms. The van der Waals surface area contributed by atoms with Crippen molar-refractivity contribution in [2.75, 3.05) is 0 Å². The number of nitrogens with zero attached hydrogens (tertiary/aromatic N) is 1. The number of amides is 3. The Morgan fingerprint density at radius 1 is 1.24 bits per heavy atom. The molecule has 0 aromatic heterocycles. The van der Waals surface area contributed by atoms with Gasteiger partial charge >= 0.3 is 0 Å². The van der Waals surface area contributed by atoms with Gasteiger partial charge in [0.15, 0.2) is 0 Å². The summed E-state index contributed by atoms with van der Waals surface area (Å²) in [6, 6.07) is 3.04. The summed E-state index contributed by atoms with van der Waals surface area (Å²) in [5.41, 5.74) is 0.0223. The molecule has 3 amide bonds. The Kier molecular flexibility index (Phi) is 3.14. The third kappa shape index (κ3) is 2.07. The molecular weight excluding hydrogens is 364 g/mol. The molecule has 0 radical (unpaired) electrons. The van der Waals surface area contributed by atoms with E-state index >= 15 is 0 Å². The lowest BCUT2D eigenvalue weighted by atomic mass is 10.1. The molecule has 1 saturated heterocycles. The lowest BCUT2D eigenvalue weighted by molar-refractivity contribution is -0.135. The van der Waals surface area contributed by atoms with Gasteiger partial charge in [-0.25, -0.2) is 12.7 Å². The molecule has 9 heteroatoms. The van der Waals surface area contributed by atoms with Gasteiger partial charge in [0.2, 0.25) is 5.91 Å². The highest BCUT2D eigenvalue weighted by Crippen LogP contribution is 2.35. The van der Waals surface area contributed by atoms with E-state index in [1.54, 1.807) is 0 Å². The number of nitrogens with one attached hydrogen (secondary N) is 1. The van der Waals surface area contributed by atoms with Crippen LogP contribution < -0.4 is 5.32 Å². The van der Waals surface area contributed by atoms with Gasteiger partial charge in [0.1, 0.15) is 10.9 Å². The molecule has 2 aliphatic rings. The van der Waals surface area contributed by atoms with Crippen molar-refractivity contribution in [3.05, 3.63) is 28.2 Å². The fraction of sp³-hybridized carbons (Fsp3) is 0.250. The van der Waals surface area contributed by atoms with Crippen molar-refractivity contribution in [1.82, 2.24) is 9.62 Å². The summed E-state index contributed by atoms with van der Waals surface area (Å²) < 4.78 is 26.1. The number of carbonyl (C=O) groups is 3. The number of imide groups is 1. The normalized spacial score (nSPS) is 24.0. The van der Waals surface area contributed by atoms with Crippen molar-refractivity contribution in [3.8, 4) is 0 Å². The van der Waals surface area contributed by atoms with E-state index in [1.807, 2.05) is 0 Å². The van der Waals surface area contributed by atoms with Crippen LogP contribution in [0.4, 0.5) is 0 Å². The van der Waals surface area contributed by atoms with Crippen LogP contribution in [0.15, 0.2) is 27.6 Å². The highest BCUT2D eigenvalue weighted by Gasteiger charge is 2.48. The zero-order valence-electron chi connectivity index (χ0n) is 10.5. The topological polar surface area (TPSA) is 101 Å². The molecule has 1 unspecified atom stereocenters. The van der Waals surface area contributed by atoms with Gasteiger partial charge in [-0.15, -0.1) is 0 Å². The summed E-state index contributed by atoms with van der Waals surface area (Å²) in [6.07, 6.45) is -0.0134. The van der Waals surface area contributed by atoms with E-state index in [0.29, 0.717) is 8.78 Å². The zero-order valence-corrected chi connectivity index (χ0v) is 12.9. The predicted octanol–water partition coefficient (Wildman–Crippen LogP) is 0.399. The molecule has 1 fully saturated rings. The number of hydrogen-bond acceptors (Lipinski definition) is 5. The zero-order chi connectivity index (χ0) is 15.4. The lowest BCUT2D eigenvalue weighted by Gasteiger charge is -2.28. The molecule has 1 N–H and O–H groups in total. The van der Waals surface area contributed by atoms with Crippen molar-refractivity contribution in [1.29, 1.82) is 0 Å². The SMILES string of the molecule is O=C1CCC(N2C(=O)c3cc(Br)ccc3S2(=O)=O)C(=O)N1. The Hall–Kier alpha value is -1.74. The van der Waals surface area contributed by atoms with Gasteiger partial charge in [0, 0.05) is 10.9 Å². The van der Waals surface area contributed by atoms with Crippen LogP contribution >= 0.6 is 15.9 Å². The van der Waals surface area contributed by atoms with E-state index < -0.39 is 33.8 Å². The Labute approximate surface area is 128 Å². The molecule has 3 rings (SSSR count). The summed E-state index contributed by atoms with van der Waals surface area (Å²) in [7, 11) is -4.07. The number of piperidine rings is 1. The number of carbonyl (C=O) groups excluding carboxylic acids is 3. The minimum atomic E-state index is -4.07. The number of halogens is 1. The van der Waals surface area contributed by atoms with E-state index in [1.165, 1.54) is 18.2 Å². The Balaban J connectivity index is 2.08. The molecule has 0 aliphatic carbocycles. The second kappa shape index (κ2) is 4.63. The van der Waals surface area contributed by atoms with Gasteiger partial charge in [-0.2, -0.15) is 0 Å². The highest BCUT2D eigenvalue weighted by atomic mass is 79.9. The van der Waals surface area contributed by atoms with Crippen molar-refractivity contribution < 1.29 is 22.8 Å². The molecule has 1 aromatic rings. The van der Waals surface area contributed by atoms with Crippen molar-refractivity contribution in [2.24, 2.45) is 0 Å². The van der Waals surface area contributed by atoms with Crippen LogP contribution in [0.3, 0.4) is 0 Å². The van der Waals surface area contributed by atoms with Crippen molar-refractivity contribution >= 4 is 43.7 Å². The first-order chi connectivity index (χ1) is 9.82. The molecule has 2 heterocycles. The van der Waals surface area contributed by atoms with E-state index in [2.05, 4.69) is 21.2 Å². The quantitative estimate of drug-likeness (QED) is 0.719. The molecule has 0 saturated carbocycles. The van der Waals surface area contributed by atoms with Crippen LogP contribution in [-0.2, 0) is 19.6 Å². The van der Waals surface area contributed by atoms with Gasteiger partial charge in [-0.1, -0.05) is 15.9 Å². The number of hydrogen-bond donors (Lipinski definition) is 1. The average molecular weight is 373 g/mol. The van der Waals surface area contributed by atoms with Crippen LogP contribution in [0.2, 0.25) is 0 Å². The van der Waals surface area contributed by atoms with Crippen LogP contribution in [0, 0.1) is 0 Å². The van der Waals surface area contributed by atoms with Crippen LogP contribution in [0.5, 0.6) is 0 Å². The lowest BCUT2D eigenvalue weighted by Crippen LogP contribution is -2.54. The molecule has 0 bridgehead atoms. The molecule has 7 nitrogen and oxygen atoms in total. The van der Waals surface area contributed by atoms with Crippen LogP contribution in [0.1, 0.15) is 23.2 Å². The summed E-state index contributed by atoms with van der Waals surface area (Å²) in [5, 5.41) is 2.06. The minimum Gasteiger partial charge on any atom is -0.295 e. The van der Waals surface area contributed by atoms with Crippen molar-refractivity contribution in [3.63, 3.8) is 0 Å². The fourth-order valence-electron chi connectivity index (χ4n) is 2.44. The largest absolute Gasteiger partial charge is 0.295 e. The molecule has 21 heavy (non-hydrogen) atoms. The fourth-order valence-corrected chi connectivity index (χ4v) is 4.53. The first-order valence-electron chi connectivity index (χ1n) is 6.04. The number of fused-ring (bicyclic) bond motifs is 1. The first kappa shape index (κ1) is 14.2. The van der Waals surface area contributed by atoms with Gasteiger partial charge in [0.05, 0.1) is 5.56 Å². The van der Waals surface area contributed by atoms with E-state index in [4.69, 9.17) is 0 Å². The molecule has 1 atom stereocenters. The van der Waals surface area contributed by atoms with Gasteiger partial charge < -0.3 is 0 Å². The molecular formula is C12H9BrN2O5S. The minimum absolute atomic E-state index is 0.00422. The second-order valence-corrected chi connectivity index (χ2v) is 7.41. The van der Waals surface area contributed by atoms with E-state index in [-0.39, 0.29) is 23.3 Å². The predicted molar refractivity (Wildman–Crippen MR) is 73.7 cm³/mol. The van der Waals surface area contributed by atoms with E-state index in [9.17, 15) is 22.8 Å². The number of rotatable bonds is 1. The Bertz CT molecular complexity index is 789. The summed E-state index contributed by atoms with van der Waals surface area (Å²) in [6.45, 7) is 0. The third-order valence-corrected chi connectivity index (χ3v) is 5.75. The maximum atomic E-state index is 12.5. The van der Waals surface area contributed by atoms with Gasteiger partial charge in [-0.05, 0) is 24.6 Å². The van der Waals surface area contributed by atoms with Crippen LogP contribution in [0.25, 0.3) is 0 Å². The average Bonchev–Trinajstić information content (AvgIpc) is 2.58. The maximum Gasteiger partial charge on any atom is 0.269 e. The number of sulfonamides is 1. The first-order valence-corrected chi connectivity index (χ1v) is 8.27. The Morgan fingerprint density at radius 3 is 2.62 bits per heavy atom. The maximum absolute atomic E-state index is 12.5. The number of benzene rings is 1. The third-order valence-electron chi connectivity index (χ3n) is 3.40. The molecule has 1 aromatic carbocycles. The summed E-state index contributed by atoms with van der Waals surface area (Å²) in [5.74, 6) is -1.99. The second-order valence-electron chi connectivity index (χ2n) is 4.71. The summed E-state index contributed by atoms with van der Waals surface area (Å²) >= 11 is 3.18. The summed E-state index contributed by atoms with van der Waals surface area (Å²) in [4.78, 5) is 35.2. The molecule has 2 aliphatic heterocycles. The van der Waals surface area contributed by atoms with E-state index in [0.717, 1.165) is 0 Å². The van der Waals surface area contributed by atoms with Crippen molar-refractivity contribution in [2.45, 2.75) is 23.8 Å². The van der Waals surface area contributed by atoms with Crippen LogP contribution in [-0.4, -0.2) is 36.5 Å². The monoisotopic (exact) mass is 372 g/mol. The van der Waals surface area contributed by atoms with Gasteiger partial charge in [0.25, 0.3) is 21.8 Å². The standard InChI is InChI=1S/C12H9BrN2O5S/c13-6-1-3-9-7(5-6)12(18)15(21(9,19)20)8-2-4-10(16)14-11(8)17/h1,3,5,8H,2,4H2,(H,14,16,17). The smallest absolute Gasteiger partial charge is 0.269 e.